The summed E-state index contributed by atoms with van der Waals surface area (Å²) in [5, 5.41) is 3.25. The van der Waals surface area contributed by atoms with Crippen molar-refractivity contribution in [1.29, 1.82) is 0 Å². The van der Waals surface area contributed by atoms with Crippen LogP contribution in [0.25, 0.3) is 0 Å². The predicted octanol–water partition coefficient (Wildman–Crippen LogP) is 6.31. The molecule has 0 amide bonds. The Hall–Kier alpha value is -2.40. The molecule has 1 N–H and O–H groups in total. The van der Waals surface area contributed by atoms with E-state index in [-0.39, 0.29) is 24.8 Å². The van der Waals surface area contributed by atoms with Crippen LogP contribution in [0, 0.1) is 0 Å². The zero-order valence-corrected chi connectivity index (χ0v) is 20.7. The van der Waals surface area contributed by atoms with Crippen molar-refractivity contribution in [3.8, 4) is 5.75 Å². The van der Waals surface area contributed by atoms with E-state index in [2.05, 4.69) is 87.9 Å². The third-order valence-electron chi connectivity index (χ3n) is 6.62. The van der Waals surface area contributed by atoms with Crippen molar-refractivity contribution in [3.63, 3.8) is 0 Å². The zero-order valence-electron chi connectivity index (χ0n) is 19.1. The molecule has 0 aromatic heterocycles. The van der Waals surface area contributed by atoms with Gasteiger partial charge in [-0.3, -0.25) is 4.90 Å². The number of anilines is 3. The van der Waals surface area contributed by atoms with Gasteiger partial charge in [0.25, 0.3) is 0 Å². The van der Waals surface area contributed by atoms with Crippen LogP contribution < -0.4 is 15.0 Å². The van der Waals surface area contributed by atoms with E-state index in [0.717, 1.165) is 25.3 Å². The third-order valence-corrected chi connectivity index (χ3v) is 6.62. The van der Waals surface area contributed by atoms with Crippen molar-refractivity contribution >= 4 is 41.9 Å². The van der Waals surface area contributed by atoms with Gasteiger partial charge in [0.2, 0.25) is 0 Å². The molecule has 6 heteroatoms. The second-order valence-corrected chi connectivity index (χ2v) is 8.53. The molecule has 1 fully saturated rings. The van der Waals surface area contributed by atoms with Crippen LogP contribution in [-0.2, 0) is 13.0 Å². The topological polar surface area (TPSA) is 27.7 Å². The molecule has 5 rings (SSSR count). The molecule has 0 spiro atoms. The predicted molar refractivity (Wildman–Crippen MR) is 143 cm³/mol. The standard InChI is InChI=1S/C27H31N3O.2ClH/c1-28-23-10-6-8-21(18-23)15-17-29-16-7-11-24(29)19-30-25-12-3-2-9-22(25)20-31-27-14-5-4-13-26(27)30;;/h2-6,8-10,12-14,18,24,28H,7,11,15-17,19-20H2,1H3;2*1H/t24-;;/m0../s1. The van der Waals surface area contributed by atoms with Crippen molar-refractivity contribution in [2.45, 2.75) is 31.9 Å². The molecule has 2 aliphatic rings. The summed E-state index contributed by atoms with van der Waals surface area (Å²) in [6, 6.07) is 26.5. The summed E-state index contributed by atoms with van der Waals surface area (Å²) in [6.07, 6.45) is 3.61. The average molecular weight is 486 g/mol. The molecule has 0 aliphatic carbocycles. The van der Waals surface area contributed by atoms with Crippen LogP contribution in [0.15, 0.2) is 72.8 Å². The fraction of sp³-hybridized carbons (Fsp3) is 0.333. The number of hydrogen-bond donors (Lipinski definition) is 1. The molecule has 0 unspecified atom stereocenters. The van der Waals surface area contributed by atoms with Crippen LogP contribution in [-0.4, -0.2) is 37.6 Å². The SMILES string of the molecule is CNc1cccc(CCN2CCC[C@H]2CN2c3ccccc3COc3ccccc32)c1.Cl.Cl. The number of ether oxygens (including phenoxy) is 1. The first-order valence-electron chi connectivity index (χ1n) is 11.4. The van der Waals surface area contributed by atoms with Gasteiger partial charge in [0.1, 0.15) is 12.4 Å². The van der Waals surface area contributed by atoms with Crippen molar-refractivity contribution in [3.05, 3.63) is 83.9 Å². The van der Waals surface area contributed by atoms with Gasteiger partial charge < -0.3 is 15.0 Å². The first-order chi connectivity index (χ1) is 15.3. The van der Waals surface area contributed by atoms with Crippen LogP contribution in [0.1, 0.15) is 24.0 Å². The van der Waals surface area contributed by atoms with Crippen LogP contribution in [0.2, 0.25) is 0 Å². The minimum atomic E-state index is 0. The number of likely N-dealkylation sites (tertiary alicyclic amines) is 1. The summed E-state index contributed by atoms with van der Waals surface area (Å²) >= 11 is 0. The number of nitrogens with one attached hydrogen (secondary N) is 1. The van der Waals surface area contributed by atoms with E-state index >= 15 is 0 Å². The summed E-state index contributed by atoms with van der Waals surface area (Å²) in [6.45, 7) is 3.91. The van der Waals surface area contributed by atoms with E-state index in [4.69, 9.17) is 4.74 Å². The number of para-hydroxylation sites is 3. The highest BCUT2D eigenvalue weighted by Gasteiger charge is 2.29. The third kappa shape index (κ3) is 5.57. The Morgan fingerprint density at radius 1 is 0.939 bits per heavy atom. The lowest BCUT2D eigenvalue weighted by Gasteiger charge is -2.32. The molecule has 0 saturated carbocycles. The molecule has 176 valence electrons. The first-order valence-corrected chi connectivity index (χ1v) is 11.4. The highest BCUT2D eigenvalue weighted by atomic mass is 35.5. The second-order valence-electron chi connectivity index (χ2n) is 8.53. The highest BCUT2D eigenvalue weighted by Crippen LogP contribution is 2.40. The van der Waals surface area contributed by atoms with Crippen molar-refractivity contribution < 1.29 is 4.74 Å². The van der Waals surface area contributed by atoms with Crippen LogP contribution in [0.3, 0.4) is 0 Å². The lowest BCUT2D eigenvalue weighted by molar-refractivity contribution is 0.261. The zero-order chi connectivity index (χ0) is 21.0. The maximum Gasteiger partial charge on any atom is 0.143 e. The van der Waals surface area contributed by atoms with Gasteiger partial charge in [-0.15, -0.1) is 24.8 Å². The Labute approximate surface area is 209 Å². The number of halogens is 2. The van der Waals surface area contributed by atoms with Crippen LogP contribution in [0.5, 0.6) is 5.75 Å². The van der Waals surface area contributed by atoms with Crippen LogP contribution in [0.4, 0.5) is 17.1 Å². The van der Waals surface area contributed by atoms with Gasteiger partial charge in [0.05, 0.1) is 5.69 Å². The minimum absolute atomic E-state index is 0. The van der Waals surface area contributed by atoms with E-state index in [1.165, 1.54) is 47.6 Å². The largest absolute Gasteiger partial charge is 0.487 e. The number of rotatable bonds is 6. The Balaban J connectivity index is 0.00000153. The van der Waals surface area contributed by atoms with Gasteiger partial charge >= 0.3 is 0 Å². The quantitative estimate of drug-likeness (QED) is 0.442. The molecular formula is C27H33Cl2N3O. The smallest absolute Gasteiger partial charge is 0.143 e. The normalized spacial score (nSPS) is 17.0. The fourth-order valence-electron chi connectivity index (χ4n) is 4.94. The summed E-state index contributed by atoms with van der Waals surface area (Å²) in [4.78, 5) is 5.17. The maximum atomic E-state index is 6.16. The van der Waals surface area contributed by atoms with Crippen molar-refractivity contribution in [2.24, 2.45) is 0 Å². The van der Waals surface area contributed by atoms with E-state index in [1.54, 1.807) is 0 Å². The number of fused-ring (bicyclic) bond motifs is 2. The Morgan fingerprint density at radius 3 is 2.58 bits per heavy atom. The molecule has 2 aliphatic heterocycles. The molecule has 1 saturated heterocycles. The summed E-state index contributed by atoms with van der Waals surface area (Å²) in [7, 11) is 1.98. The molecule has 3 aromatic rings. The summed E-state index contributed by atoms with van der Waals surface area (Å²) in [5.74, 6) is 0.979. The molecule has 4 nitrogen and oxygen atoms in total. The Kier molecular flexibility index (Phi) is 8.90. The molecule has 3 aromatic carbocycles. The minimum Gasteiger partial charge on any atom is -0.487 e. The van der Waals surface area contributed by atoms with Gasteiger partial charge in [-0.05, 0) is 61.7 Å². The Morgan fingerprint density at radius 2 is 1.73 bits per heavy atom. The summed E-state index contributed by atoms with van der Waals surface area (Å²) < 4.78 is 6.16. The molecule has 33 heavy (non-hydrogen) atoms. The lowest BCUT2D eigenvalue weighted by Crippen LogP contribution is -2.39. The molecule has 1 atom stereocenters. The first kappa shape index (κ1) is 25.2. The van der Waals surface area contributed by atoms with Crippen molar-refractivity contribution in [1.82, 2.24) is 4.90 Å². The van der Waals surface area contributed by atoms with E-state index in [0.29, 0.717) is 12.6 Å². The Bertz CT molecular complexity index is 998. The van der Waals surface area contributed by atoms with E-state index < -0.39 is 0 Å². The fourth-order valence-corrected chi connectivity index (χ4v) is 4.94. The summed E-state index contributed by atoms with van der Waals surface area (Å²) in [5.41, 5.74) is 6.30. The van der Waals surface area contributed by atoms with Gasteiger partial charge in [0, 0.05) is 43.1 Å². The van der Waals surface area contributed by atoms with Gasteiger partial charge in [-0.1, -0.05) is 42.5 Å². The molecule has 0 radical (unpaired) electrons. The highest BCUT2D eigenvalue weighted by molar-refractivity contribution is 5.85. The number of hydrogen-bond acceptors (Lipinski definition) is 4. The molecular weight excluding hydrogens is 453 g/mol. The van der Waals surface area contributed by atoms with Crippen LogP contribution >= 0.6 is 24.8 Å². The maximum absolute atomic E-state index is 6.16. The van der Waals surface area contributed by atoms with E-state index in [9.17, 15) is 0 Å². The van der Waals surface area contributed by atoms with Gasteiger partial charge in [0.15, 0.2) is 0 Å². The average Bonchev–Trinajstić information content (AvgIpc) is 3.21. The van der Waals surface area contributed by atoms with Crippen molar-refractivity contribution in [2.75, 3.05) is 36.9 Å². The molecule has 0 bridgehead atoms. The lowest BCUT2D eigenvalue weighted by atomic mass is 10.1. The number of nitrogens with zero attached hydrogens (tertiary/aromatic N) is 2. The number of benzene rings is 3. The monoisotopic (exact) mass is 485 g/mol. The molecule has 2 heterocycles. The van der Waals surface area contributed by atoms with E-state index in [1.807, 2.05) is 7.05 Å². The van der Waals surface area contributed by atoms with Gasteiger partial charge in [-0.2, -0.15) is 0 Å². The van der Waals surface area contributed by atoms with Gasteiger partial charge in [-0.25, -0.2) is 0 Å². The second kappa shape index (κ2) is 11.6.